The molecule has 1 amide bonds. The molecule has 0 spiro atoms. The van der Waals surface area contributed by atoms with Crippen LogP contribution in [0.3, 0.4) is 0 Å². The third-order valence-electron chi connectivity index (χ3n) is 5.39. The Hall–Kier alpha value is -4.14. The first kappa shape index (κ1) is 17.7. The van der Waals surface area contributed by atoms with Crippen LogP contribution in [0.25, 0.3) is 44.7 Å². The molecule has 1 fully saturated rings. The minimum absolute atomic E-state index is 0.00352. The van der Waals surface area contributed by atoms with Gasteiger partial charge in [0.25, 0.3) is 0 Å². The Bertz CT molecular complexity index is 1430. The molecule has 6 rings (SSSR count). The summed E-state index contributed by atoms with van der Waals surface area (Å²) < 4.78 is 14.9. The van der Waals surface area contributed by atoms with Crippen LogP contribution in [0, 0.1) is 11.7 Å². The van der Waals surface area contributed by atoms with E-state index in [1.165, 1.54) is 6.07 Å². The molecule has 3 N–H and O–H groups in total. The fraction of sp³-hybridized carbons (Fsp3) is 0.136. The molecule has 4 heterocycles. The summed E-state index contributed by atoms with van der Waals surface area (Å²) in [4.78, 5) is 28.2. The lowest BCUT2D eigenvalue weighted by molar-refractivity contribution is -0.117. The van der Waals surface area contributed by atoms with Crippen molar-refractivity contribution in [2.45, 2.75) is 12.8 Å². The maximum absolute atomic E-state index is 14.9. The van der Waals surface area contributed by atoms with Crippen molar-refractivity contribution in [3.63, 3.8) is 0 Å². The van der Waals surface area contributed by atoms with E-state index in [4.69, 9.17) is 0 Å². The maximum Gasteiger partial charge on any atom is 0.227 e. The summed E-state index contributed by atoms with van der Waals surface area (Å²) >= 11 is 0. The van der Waals surface area contributed by atoms with E-state index in [1.807, 2.05) is 18.2 Å². The topological polar surface area (TPSA) is 112 Å². The summed E-state index contributed by atoms with van der Waals surface area (Å²) in [6.45, 7) is 0. The molecule has 9 heteroatoms. The van der Waals surface area contributed by atoms with E-state index in [9.17, 15) is 9.18 Å². The van der Waals surface area contributed by atoms with Gasteiger partial charge < -0.3 is 10.3 Å². The van der Waals surface area contributed by atoms with Crippen molar-refractivity contribution < 1.29 is 9.18 Å². The van der Waals surface area contributed by atoms with Crippen LogP contribution in [0.15, 0.2) is 48.9 Å². The van der Waals surface area contributed by atoms with Gasteiger partial charge in [-0.1, -0.05) is 0 Å². The molecule has 1 aliphatic carbocycles. The van der Waals surface area contributed by atoms with Gasteiger partial charge in [0.1, 0.15) is 11.2 Å². The quantitative estimate of drug-likeness (QED) is 0.411. The number of carbonyl (C=O) groups is 1. The first-order chi connectivity index (χ1) is 15.2. The lowest BCUT2D eigenvalue weighted by Gasteiger charge is -2.07. The second kappa shape index (κ2) is 6.69. The van der Waals surface area contributed by atoms with E-state index in [1.54, 1.807) is 24.7 Å². The molecular weight excluding hydrogens is 397 g/mol. The Morgan fingerprint density at radius 2 is 2.06 bits per heavy atom. The molecule has 0 atom stereocenters. The minimum Gasteiger partial charge on any atom is -0.335 e. The molecule has 0 unspecified atom stereocenters. The Morgan fingerprint density at radius 1 is 1.16 bits per heavy atom. The Morgan fingerprint density at radius 3 is 2.90 bits per heavy atom. The number of pyridine rings is 2. The molecular formula is C22H16FN7O. The van der Waals surface area contributed by atoms with E-state index in [0.717, 1.165) is 18.4 Å². The number of hydrogen-bond acceptors (Lipinski definition) is 5. The normalized spacial score (nSPS) is 13.7. The van der Waals surface area contributed by atoms with Crippen molar-refractivity contribution in [2.24, 2.45) is 5.92 Å². The number of H-pyrrole nitrogens is 2. The third-order valence-corrected chi connectivity index (χ3v) is 5.39. The first-order valence-electron chi connectivity index (χ1n) is 9.91. The van der Waals surface area contributed by atoms with Gasteiger partial charge in [0.15, 0.2) is 17.3 Å². The van der Waals surface area contributed by atoms with E-state index in [-0.39, 0.29) is 17.3 Å². The monoisotopic (exact) mass is 413 g/mol. The highest BCUT2D eigenvalue weighted by atomic mass is 19.1. The van der Waals surface area contributed by atoms with Gasteiger partial charge in [-0.05, 0) is 48.7 Å². The number of aromatic amines is 2. The van der Waals surface area contributed by atoms with Crippen molar-refractivity contribution in [1.82, 2.24) is 30.1 Å². The van der Waals surface area contributed by atoms with Crippen LogP contribution in [0.4, 0.5) is 10.1 Å². The zero-order valence-corrected chi connectivity index (χ0v) is 16.2. The zero-order valence-electron chi connectivity index (χ0n) is 16.2. The highest BCUT2D eigenvalue weighted by Gasteiger charge is 2.29. The van der Waals surface area contributed by atoms with Crippen LogP contribution in [0.1, 0.15) is 12.8 Å². The highest BCUT2D eigenvalue weighted by Crippen LogP contribution is 2.33. The number of aromatic nitrogens is 6. The Kier molecular flexibility index (Phi) is 3.82. The van der Waals surface area contributed by atoms with Gasteiger partial charge in [-0.25, -0.2) is 14.4 Å². The minimum atomic E-state index is -0.461. The molecule has 5 aromatic rings. The number of benzene rings is 1. The fourth-order valence-electron chi connectivity index (χ4n) is 3.64. The number of halogens is 1. The number of nitrogens with one attached hydrogen (secondary N) is 3. The molecule has 1 aliphatic rings. The molecule has 0 aliphatic heterocycles. The highest BCUT2D eigenvalue weighted by molar-refractivity contribution is 5.97. The second-order valence-electron chi connectivity index (χ2n) is 7.64. The van der Waals surface area contributed by atoms with Gasteiger partial charge in [0.2, 0.25) is 5.91 Å². The summed E-state index contributed by atoms with van der Waals surface area (Å²) in [6.07, 6.45) is 6.72. The smallest absolute Gasteiger partial charge is 0.227 e. The lowest BCUT2D eigenvalue weighted by atomic mass is 10.0. The van der Waals surface area contributed by atoms with Crippen LogP contribution in [0.2, 0.25) is 0 Å². The van der Waals surface area contributed by atoms with Crippen LogP contribution < -0.4 is 5.32 Å². The number of hydrogen-bond donors (Lipinski definition) is 3. The van der Waals surface area contributed by atoms with E-state index >= 15 is 0 Å². The second-order valence-corrected chi connectivity index (χ2v) is 7.64. The van der Waals surface area contributed by atoms with Crippen molar-refractivity contribution in [1.29, 1.82) is 0 Å². The summed E-state index contributed by atoms with van der Waals surface area (Å²) in [5.74, 6) is 0.147. The number of anilines is 1. The molecule has 4 aromatic heterocycles. The molecule has 152 valence electrons. The Labute approximate surface area is 175 Å². The van der Waals surface area contributed by atoms with E-state index < -0.39 is 5.82 Å². The number of nitrogens with zero attached hydrogens (tertiary/aromatic N) is 4. The largest absolute Gasteiger partial charge is 0.335 e. The fourth-order valence-corrected chi connectivity index (χ4v) is 3.64. The van der Waals surface area contributed by atoms with E-state index in [0.29, 0.717) is 39.4 Å². The van der Waals surface area contributed by atoms with Gasteiger partial charge in [0.05, 0.1) is 17.4 Å². The average molecular weight is 413 g/mol. The summed E-state index contributed by atoms with van der Waals surface area (Å²) in [7, 11) is 0. The van der Waals surface area contributed by atoms with Crippen molar-refractivity contribution in [3.05, 3.63) is 54.7 Å². The molecule has 0 saturated heterocycles. The lowest BCUT2D eigenvalue weighted by Crippen LogP contribution is -2.13. The number of rotatable bonds is 4. The first-order valence-corrected chi connectivity index (χ1v) is 9.91. The molecule has 0 bridgehead atoms. The van der Waals surface area contributed by atoms with Crippen LogP contribution in [-0.4, -0.2) is 36.0 Å². The van der Waals surface area contributed by atoms with E-state index in [2.05, 4.69) is 35.5 Å². The van der Waals surface area contributed by atoms with Gasteiger partial charge in [-0.15, -0.1) is 0 Å². The van der Waals surface area contributed by atoms with Crippen LogP contribution in [0.5, 0.6) is 0 Å². The van der Waals surface area contributed by atoms with Gasteiger partial charge in [-0.2, -0.15) is 5.10 Å². The molecule has 0 radical (unpaired) electrons. The van der Waals surface area contributed by atoms with Crippen LogP contribution in [-0.2, 0) is 4.79 Å². The SMILES string of the molecule is O=C(Nc1cncc(-c2cc(F)c3n[nH]c(-c4nc5ncccc5[nH]4)c3c2)c1)C1CC1. The molecule has 8 nitrogen and oxygen atoms in total. The van der Waals surface area contributed by atoms with Gasteiger partial charge >= 0.3 is 0 Å². The number of fused-ring (bicyclic) bond motifs is 2. The van der Waals surface area contributed by atoms with Crippen LogP contribution >= 0.6 is 0 Å². The number of amides is 1. The number of imidazole rings is 1. The summed E-state index contributed by atoms with van der Waals surface area (Å²) in [6, 6.07) is 8.72. The predicted molar refractivity (Wildman–Crippen MR) is 114 cm³/mol. The Balaban J connectivity index is 1.43. The standard InChI is InChI=1S/C22H16FN7O/c23-16-8-12(13-6-14(10-24-9-13)26-22(31)11-3-4-11)7-15-18(16)29-30-19(15)21-27-17-2-1-5-25-20(17)28-21/h1-2,5-11H,3-4H2,(H,26,31)(H,29,30)(H,25,27,28). The molecule has 1 aromatic carbocycles. The van der Waals surface area contributed by atoms with Gasteiger partial charge in [0, 0.05) is 29.3 Å². The van der Waals surface area contributed by atoms with Crippen molar-refractivity contribution in [3.8, 4) is 22.6 Å². The summed E-state index contributed by atoms with van der Waals surface area (Å²) in [5.41, 5.74) is 4.04. The predicted octanol–water partition coefficient (Wildman–Crippen LogP) is 4.05. The number of carbonyl (C=O) groups excluding carboxylic acids is 1. The average Bonchev–Trinajstić information content (AvgIpc) is 3.40. The van der Waals surface area contributed by atoms with Gasteiger partial charge in [-0.3, -0.25) is 14.9 Å². The van der Waals surface area contributed by atoms with Crippen molar-refractivity contribution >= 4 is 33.7 Å². The van der Waals surface area contributed by atoms with Crippen molar-refractivity contribution in [2.75, 3.05) is 5.32 Å². The summed E-state index contributed by atoms with van der Waals surface area (Å²) in [5, 5.41) is 10.5. The molecule has 31 heavy (non-hydrogen) atoms. The maximum atomic E-state index is 14.9. The zero-order chi connectivity index (χ0) is 20.9. The third kappa shape index (κ3) is 3.10. The molecule has 1 saturated carbocycles.